The van der Waals surface area contributed by atoms with E-state index >= 15 is 0 Å². The van der Waals surface area contributed by atoms with E-state index in [0.717, 1.165) is 22.3 Å². The molecule has 0 amide bonds. The molecule has 3 aromatic carbocycles. The second kappa shape index (κ2) is 7.34. The van der Waals surface area contributed by atoms with Gasteiger partial charge in [0.15, 0.2) is 0 Å². The van der Waals surface area contributed by atoms with Crippen LogP contribution in [0.2, 0.25) is 0 Å². The van der Waals surface area contributed by atoms with Crippen LogP contribution in [0, 0.1) is 20.8 Å². The lowest BCUT2D eigenvalue weighted by molar-refractivity contribution is 0.590. The van der Waals surface area contributed by atoms with E-state index in [1.54, 1.807) is 24.3 Å². The van der Waals surface area contributed by atoms with E-state index in [1.807, 2.05) is 69.3 Å². The van der Waals surface area contributed by atoms with Crippen LogP contribution in [-0.2, 0) is 16.6 Å². The largest absolute Gasteiger partial charge is 0.264 e. The van der Waals surface area contributed by atoms with Crippen LogP contribution in [0.5, 0.6) is 0 Å². The number of benzene rings is 3. The quantitative estimate of drug-likeness (QED) is 0.637. The maximum Gasteiger partial charge on any atom is 0.264 e. The van der Waals surface area contributed by atoms with Crippen molar-refractivity contribution in [3.8, 4) is 0 Å². The summed E-state index contributed by atoms with van der Waals surface area (Å²) in [7, 11) is -3.66. The van der Waals surface area contributed by atoms with Crippen LogP contribution in [0.1, 0.15) is 22.3 Å². The highest BCUT2D eigenvalue weighted by Gasteiger charge is 2.25. The summed E-state index contributed by atoms with van der Waals surface area (Å²) in [6.07, 6.45) is 0. The first-order valence-corrected chi connectivity index (χ1v) is 10.0. The number of hydrogen-bond donors (Lipinski definition) is 0. The van der Waals surface area contributed by atoms with Gasteiger partial charge in [-0.2, -0.15) is 0 Å². The van der Waals surface area contributed by atoms with E-state index in [2.05, 4.69) is 0 Å². The molecule has 0 heterocycles. The molecule has 0 aliphatic rings. The summed E-state index contributed by atoms with van der Waals surface area (Å²) in [4.78, 5) is 0.297. The van der Waals surface area contributed by atoms with Crippen molar-refractivity contribution in [3.05, 3.63) is 95.1 Å². The van der Waals surface area contributed by atoms with Crippen LogP contribution in [-0.4, -0.2) is 8.42 Å². The third-order valence-corrected chi connectivity index (χ3v) is 6.31. The molecule has 0 fully saturated rings. The van der Waals surface area contributed by atoms with Crippen molar-refractivity contribution in [2.45, 2.75) is 32.2 Å². The number of hydrogen-bond acceptors (Lipinski definition) is 2. The summed E-state index contributed by atoms with van der Waals surface area (Å²) in [5.74, 6) is 0. The normalized spacial score (nSPS) is 11.3. The summed E-state index contributed by atoms with van der Waals surface area (Å²) in [6, 6.07) is 22.3. The van der Waals surface area contributed by atoms with Gasteiger partial charge in [0.05, 0.1) is 17.1 Å². The number of nitrogens with zero attached hydrogens (tertiary/aromatic N) is 1. The zero-order chi connectivity index (χ0) is 18.7. The lowest BCUT2D eigenvalue weighted by atomic mass is 10.1. The summed E-state index contributed by atoms with van der Waals surface area (Å²) in [6.45, 7) is 6.32. The van der Waals surface area contributed by atoms with Crippen molar-refractivity contribution in [2.75, 3.05) is 4.31 Å². The Morgan fingerprint density at radius 1 is 0.769 bits per heavy atom. The Kier molecular flexibility index (Phi) is 5.14. The molecule has 0 radical (unpaired) electrons. The van der Waals surface area contributed by atoms with Gasteiger partial charge in [-0.3, -0.25) is 4.31 Å². The fourth-order valence-electron chi connectivity index (χ4n) is 2.89. The standard InChI is InChI=1S/C22H23NO2S/c1-17-8-7-9-20(14-17)16-23(21-13-12-18(2)19(3)15-21)26(24,25)22-10-5-4-6-11-22/h4-15H,16H2,1-3H3. The van der Waals surface area contributed by atoms with Crippen LogP contribution in [0.25, 0.3) is 0 Å². The van der Waals surface area contributed by atoms with Gasteiger partial charge in [0.25, 0.3) is 10.0 Å². The third kappa shape index (κ3) is 3.81. The highest BCUT2D eigenvalue weighted by atomic mass is 32.2. The van der Waals surface area contributed by atoms with Gasteiger partial charge in [-0.1, -0.05) is 54.1 Å². The lowest BCUT2D eigenvalue weighted by Crippen LogP contribution is -2.30. The van der Waals surface area contributed by atoms with E-state index in [4.69, 9.17) is 0 Å². The Morgan fingerprint density at radius 3 is 2.15 bits per heavy atom. The summed E-state index contributed by atoms with van der Waals surface area (Å²) >= 11 is 0. The topological polar surface area (TPSA) is 37.4 Å². The molecule has 0 saturated carbocycles. The van der Waals surface area contributed by atoms with Gasteiger partial charge in [-0.05, 0) is 61.7 Å². The fourth-order valence-corrected chi connectivity index (χ4v) is 4.36. The average Bonchev–Trinajstić information content (AvgIpc) is 2.63. The van der Waals surface area contributed by atoms with Crippen LogP contribution >= 0.6 is 0 Å². The highest BCUT2D eigenvalue weighted by molar-refractivity contribution is 7.92. The molecule has 0 aliphatic carbocycles. The van der Waals surface area contributed by atoms with Gasteiger partial charge in [-0.25, -0.2) is 8.42 Å². The van der Waals surface area contributed by atoms with E-state index in [0.29, 0.717) is 17.1 Å². The molecule has 0 spiro atoms. The second-order valence-electron chi connectivity index (χ2n) is 6.58. The molecule has 0 unspecified atom stereocenters. The first-order chi connectivity index (χ1) is 12.4. The zero-order valence-electron chi connectivity index (χ0n) is 15.3. The monoisotopic (exact) mass is 365 g/mol. The van der Waals surface area contributed by atoms with Crippen molar-refractivity contribution in [1.29, 1.82) is 0 Å². The van der Waals surface area contributed by atoms with Crippen LogP contribution in [0.3, 0.4) is 0 Å². The molecule has 134 valence electrons. The molecule has 3 aromatic rings. The zero-order valence-corrected chi connectivity index (χ0v) is 16.1. The van der Waals surface area contributed by atoms with Gasteiger partial charge in [0.2, 0.25) is 0 Å². The van der Waals surface area contributed by atoms with E-state index in [-0.39, 0.29) is 0 Å². The second-order valence-corrected chi connectivity index (χ2v) is 8.44. The van der Waals surface area contributed by atoms with Crippen molar-refractivity contribution in [2.24, 2.45) is 0 Å². The third-order valence-electron chi connectivity index (χ3n) is 4.52. The fraction of sp³-hybridized carbons (Fsp3) is 0.182. The molecule has 0 N–H and O–H groups in total. The first-order valence-electron chi connectivity index (χ1n) is 8.58. The Bertz CT molecular complexity index is 1010. The van der Waals surface area contributed by atoms with Crippen molar-refractivity contribution in [1.82, 2.24) is 0 Å². The maximum absolute atomic E-state index is 13.3. The van der Waals surface area contributed by atoms with E-state index in [1.165, 1.54) is 4.31 Å². The molecule has 0 atom stereocenters. The number of sulfonamides is 1. The molecule has 26 heavy (non-hydrogen) atoms. The Balaban J connectivity index is 2.11. The predicted molar refractivity (Wildman–Crippen MR) is 107 cm³/mol. The molecule has 3 nitrogen and oxygen atoms in total. The van der Waals surface area contributed by atoms with Gasteiger partial charge in [0.1, 0.15) is 0 Å². The lowest BCUT2D eigenvalue weighted by Gasteiger charge is -2.25. The molecule has 0 aromatic heterocycles. The Morgan fingerprint density at radius 2 is 1.50 bits per heavy atom. The highest BCUT2D eigenvalue weighted by Crippen LogP contribution is 2.27. The van der Waals surface area contributed by atoms with Crippen molar-refractivity contribution >= 4 is 15.7 Å². The smallest absolute Gasteiger partial charge is 0.262 e. The molecular formula is C22H23NO2S. The average molecular weight is 365 g/mol. The van der Waals surface area contributed by atoms with Gasteiger partial charge < -0.3 is 0 Å². The molecule has 3 rings (SSSR count). The SMILES string of the molecule is Cc1cccc(CN(c2ccc(C)c(C)c2)S(=O)(=O)c2ccccc2)c1. The molecule has 4 heteroatoms. The molecule has 0 bridgehead atoms. The Hall–Kier alpha value is -2.59. The first kappa shape index (κ1) is 18.2. The minimum absolute atomic E-state index is 0.293. The number of rotatable bonds is 5. The predicted octanol–water partition coefficient (Wildman–Crippen LogP) is 5.01. The van der Waals surface area contributed by atoms with Crippen LogP contribution < -0.4 is 4.31 Å². The van der Waals surface area contributed by atoms with Gasteiger partial charge in [0, 0.05) is 0 Å². The van der Waals surface area contributed by atoms with Crippen LogP contribution in [0.4, 0.5) is 5.69 Å². The van der Waals surface area contributed by atoms with Gasteiger partial charge >= 0.3 is 0 Å². The van der Waals surface area contributed by atoms with E-state index < -0.39 is 10.0 Å². The minimum Gasteiger partial charge on any atom is -0.262 e. The van der Waals surface area contributed by atoms with Crippen molar-refractivity contribution < 1.29 is 8.42 Å². The summed E-state index contributed by atoms with van der Waals surface area (Å²) in [5.41, 5.74) is 4.96. The number of anilines is 1. The molecule has 0 saturated heterocycles. The van der Waals surface area contributed by atoms with Gasteiger partial charge in [-0.15, -0.1) is 0 Å². The minimum atomic E-state index is -3.66. The Labute approximate surface area is 156 Å². The molecular weight excluding hydrogens is 342 g/mol. The summed E-state index contributed by atoms with van der Waals surface area (Å²) < 4.78 is 28.2. The maximum atomic E-state index is 13.3. The summed E-state index contributed by atoms with van der Waals surface area (Å²) in [5, 5.41) is 0. The van der Waals surface area contributed by atoms with Crippen molar-refractivity contribution in [3.63, 3.8) is 0 Å². The number of aryl methyl sites for hydroxylation is 3. The molecule has 0 aliphatic heterocycles. The van der Waals surface area contributed by atoms with Crippen LogP contribution in [0.15, 0.2) is 77.7 Å². The van der Waals surface area contributed by atoms with E-state index in [9.17, 15) is 8.42 Å².